The number of unbranched alkanes of at least 4 members (excludes halogenated alkanes) is 3. The van der Waals surface area contributed by atoms with Gasteiger partial charge in [-0.3, -0.25) is 14.2 Å². The van der Waals surface area contributed by atoms with Crippen molar-refractivity contribution < 1.29 is 52.3 Å². The number of carbonyl (C=O) groups is 2. The number of hydrogen-bond acceptors (Lipinski definition) is 10. The number of aliphatic hydroxyl groups is 2. The van der Waals surface area contributed by atoms with Crippen molar-refractivity contribution in [2.24, 2.45) is 0 Å². The van der Waals surface area contributed by atoms with E-state index in [1.165, 1.54) is 19.3 Å². The molecule has 0 aromatic rings. The first-order chi connectivity index (χ1) is 30.8. The highest BCUT2D eigenvalue weighted by atomic mass is 31.2. The van der Waals surface area contributed by atoms with Crippen molar-refractivity contribution in [3.8, 4) is 0 Å². The lowest BCUT2D eigenvalue weighted by Crippen LogP contribution is -2.37. The first-order valence-corrected chi connectivity index (χ1v) is 24.6. The van der Waals surface area contributed by atoms with Crippen molar-refractivity contribution in [3.05, 3.63) is 134 Å². The molecule has 0 aliphatic carbocycles. The molecule has 0 aliphatic rings. The topological polar surface area (TPSA) is 152 Å². The number of phosphoric ester groups is 1. The van der Waals surface area contributed by atoms with Gasteiger partial charge in [0.25, 0.3) is 7.82 Å². The Kier molecular flexibility index (Phi) is 39.2. The molecule has 0 spiro atoms. The molecule has 360 valence electrons. The fourth-order valence-electron chi connectivity index (χ4n) is 5.19. The molecule has 4 atom stereocenters. The molecule has 1 unspecified atom stereocenters. The summed E-state index contributed by atoms with van der Waals surface area (Å²) in [6, 6.07) is 0. The van der Waals surface area contributed by atoms with Gasteiger partial charge in [-0.1, -0.05) is 160 Å². The average Bonchev–Trinajstić information content (AvgIpc) is 3.24. The van der Waals surface area contributed by atoms with Crippen molar-refractivity contribution in [2.45, 2.75) is 135 Å². The Bertz CT molecular complexity index is 1580. The minimum Gasteiger partial charge on any atom is -0.756 e. The van der Waals surface area contributed by atoms with E-state index in [0.29, 0.717) is 43.1 Å². The zero-order valence-corrected chi connectivity index (χ0v) is 40.5. The maximum atomic E-state index is 12.7. The molecular weight excluding hydrogens is 830 g/mol. The molecule has 0 aliphatic heterocycles. The van der Waals surface area contributed by atoms with Gasteiger partial charge in [0.05, 0.1) is 40.0 Å². The molecule has 11 nitrogen and oxygen atoms in total. The van der Waals surface area contributed by atoms with E-state index < -0.39 is 44.7 Å². The number of nitrogens with zero attached hydrogens (tertiary/aromatic N) is 1. The summed E-state index contributed by atoms with van der Waals surface area (Å²) in [5.74, 6) is -1.11. The lowest BCUT2D eigenvalue weighted by molar-refractivity contribution is -0.870. The molecule has 0 radical (unpaired) electrons. The van der Waals surface area contributed by atoms with E-state index in [1.807, 2.05) is 76.7 Å². The second-order valence-electron chi connectivity index (χ2n) is 16.1. The molecule has 64 heavy (non-hydrogen) atoms. The van der Waals surface area contributed by atoms with Crippen LogP contribution in [0.3, 0.4) is 0 Å². The molecule has 0 rings (SSSR count). The van der Waals surface area contributed by atoms with Crippen LogP contribution in [0, 0.1) is 0 Å². The van der Waals surface area contributed by atoms with E-state index in [0.717, 1.165) is 38.5 Å². The lowest BCUT2D eigenvalue weighted by atomic mass is 10.2. The Balaban J connectivity index is 4.71. The molecule has 0 saturated heterocycles. The van der Waals surface area contributed by atoms with Crippen LogP contribution in [0.4, 0.5) is 0 Å². The Morgan fingerprint density at radius 2 is 1.06 bits per heavy atom. The predicted octanol–water partition coefficient (Wildman–Crippen LogP) is 10.8. The number of aliphatic hydroxyl groups excluding tert-OH is 2. The molecule has 0 amide bonds. The minimum atomic E-state index is -4.70. The highest BCUT2D eigenvalue weighted by Crippen LogP contribution is 2.38. The number of carbonyl (C=O) groups excluding carboxylic acids is 2. The minimum absolute atomic E-state index is 0.0545. The van der Waals surface area contributed by atoms with Crippen LogP contribution in [-0.2, 0) is 32.7 Å². The number of likely N-dealkylation sites (N-methyl/N-ethyl adjacent to an activating group) is 1. The Morgan fingerprint density at radius 1 is 0.594 bits per heavy atom. The van der Waals surface area contributed by atoms with Crippen LogP contribution >= 0.6 is 7.82 Å². The number of quaternary nitrogens is 1. The van der Waals surface area contributed by atoms with Gasteiger partial charge in [-0.25, -0.2) is 0 Å². The highest BCUT2D eigenvalue weighted by Gasteiger charge is 2.21. The number of ether oxygens (including phenoxy) is 2. The maximum absolute atomic E-state index is 12.7. The third-order valence-electron chi connectivity index (χ3n) is 8.85. The van der Waals surface area contributed by atoms with Crippen LogP contribution < -0.4 is 4.89 Å². The number of allylic oxidation sites excluding steroid dienone is 18. The molecular formula is C52H82NO10P. The maximum Gasteiger partial charge on any atom is 0.306 e. The summed E-state index contributed by atoms with van der Waals surface area (Å²) in [6.45, 7) is 3.68. The Morgan fingerprint density at radius 3 is 1.56 bits per heavy atom. The van der Waals surface area contributed by atoms with Crippen LogP contribution in [0.25, 0.3) is 0 Å². The van der Waals surface area contributed by atoms with Crippen molar-refractivity contribution in [1.82, 2.24) is 0 Å². The fourth-order valence-corrected chi connectivity index (χ4v) is 5.92. The summed E-state index contributed by atoms with van der Waals surface area (Å²) in [7, 11) is 0.993. The van der Waals surface area contributed by atoms with Crippen LogP contribution in [-0.4, -0.2) is 92.5 Å². The van der Waals surface area contributed by atoms with Gasteiger partial charge in [0.15, 0.2) is 6.10 Å². The zero-order chi connectivity index (χ0) is 47.4. The summed E-state index contributed by atoms with van der Waals surface area (Å²) >= 11 is 0. The van der Waals surface area contributed by atoms with Gasteiger partial charge < -0.3 is 38.1 Å². The van der Waals surface area contributed by atoms with Gasteiger partial charge in [0.1, 0.15) is 19.8 Å². The largest absolute Gasteiger partial charge is 0.756 e. The zero-order valence-electron chi connectivity index (χ0n) is 39.6. The molecule has 0 aromatic carbocycles. The summed E-state index contributed by atoms with van der Waals surface area (Å²) in [5, 5.41) is 20.0. The summed E-state index contributed by atoms with van der Waals surface area (Å²) in [5.41, 5.74) is 0. The highest BCUT2D eigenvalue weighted by molar-refractivity contribution is 7.45. The predicted molar refractivity (Wildman–Crippen MR) is 261 cm³/mol. The van der Waals surface area contributed by atoms with Crippen molar-refractivity contribution in [3.63, 3.8) is 0 Å². The van der Waals surface area contributed by atoms with Gasteiger partial charge >= 0.3 is 11.9 Å². The second kappa shape index (κ2) is 41.8. The molecule has 0 saturated carbocycles. The molecule has 0 bridgehead atoms. The van der Waals surface area contributed by atoms with Crippen molar-refractivity contribution in [2.75, 3.05) is 47.5 Å². The van der Waals surface area contributed by atoms with Crippen LogP contribution in [0.1, 0.15) is 117 Å². The van der Waals surface area contributed by atoms with Gasteiger partial charge in [0, 0.05) is 12.8 Å². The normalized spacial score (nSPS) is 15.7. The van der Waals surface area contributed by atoms with Crippen molar-refractivity contribution >= 4 is 19.8 Å². The monoisotopic (exact) mass is 912 g/mol. The van der Waals surface area contributed by atoms with E-state index in [1.54, 1.807) is 36.5 Å². The first-order valence-electron chi connectivity index (χ1n) is 23.1. The molecule has 0 fully saturated rings. The Hall–Kier alpha value is -3.93. The van der Waals surface area contributed by atoms with E-state index >= 15 is 0 Å². The standard InChI is InChI=1S/C52H82NO10P/c1-6-8-10-11-12-13-14-15-16-17-18-19-20-21-22-23-24-29-37-43-52(57)63-50(47-62-64(58,59)61-45-44-53(3,4)5)46-60-51(56)42-36-28-26-25-27-33-39-49(55)41-35-31-30-34-40-48(54)38-32-9-7-2/h9,12-13,15-16,18-19,21-22,24,26-35,40-41,48-50,54-55H,6-8,10-11,14,17,20,23,25,36-39,42-47H2,1-5H3/b13-12-,16-15-,19-18-,22-21-,28-26-,29-24-,31-30-,32-9-,33-27-,40-34+,41-35+/t48-,49+,50-/m1/s1. The first kappa shape index (κ1) is 60.1. The van der Waals surface area contributed by atoms with Crippen LogP contribution in [0.15, 0.2) is 134 Å². The summed E-state index contributed by atoms with van der Waals surface area (Å²) < 4.78 is 33.7. The quantitative estimate of drug-likeness (QED) is 0.0152. The summed E-state index contributed by atoms with van der Waals surface area (Å²) in [4.78, 5) is 37.5. The lowest BCUT2D eigenvalue weighted by Gasteiger charge is -2.28. The smallest absolute Gasteiger partial charge is 0.306 e. The SMILES string of the molecule is CC/C=C\C[C@@H](O)/C=C/C=C\C=C\[C@@H](O)C/C=C\C/C=C\CCC(=O)OC[C@H](COP(=O)([O-])OCC[N+](C)(C)C)OC(=O)CC/C=C\C/C=C\C/C=C\C/C=C\C/C=C\CCCCC. The van der Waals surface area contributed by atoms with Gasteiger partial charge in [0.2, 0.25) is 0 Å². The van der Waals surface area contributed by atoms with Crippen LogP contribution in [0.5, 0.6) is 0 Å². The molecule has 12 heteroatoms. The van der Waals surface area contributed by atoms with E-state index in [2.05, 4.69) is 55.5 Å². The van der Waals surface area contributed by atoms with E-state index in [9.17, 15) is 29.3 Å². The average molecular weight is 912 g/mol. The number of hydrogen-bond donors (Lipinski definition) is 2. The van der Waals surface area contributed by atoms with Gasteiger partial charge in [-0.05, 0) is 77.0 Å². The Labute approximate surface area is 386 Å². The van der Waals surface area contributed by atoms with Gasteiger partial charge in [-0.15, -0.1) is 0 Å². The second-order valence-corrected chi connectivity index (χ2v) is 17.5. The summed E-state index contributed by atoms with van der Waals surface area (Å²) in [6.07, 6.45) is 52.9. The molecule has 2 N–H and O–H groups in total. The van der Waals surface area contributed by atoms with Gasteiger partial charge in [-0.2, -0.15) is 0 Å². The fraction of sp³-hybridized carbons (Fsp3) is 0.538. The third-order valence-corrected chi connectivity index (χ3v) is 9.81. The van der Waals surface area contributed by atoms with E-state index in [-0.39, 0.29) is 26.1 Å². The van der Waals surface area contributed by atoms with Crippen molar-refractivity contribution in [1.29, 1.82) is 0 Å². The molecule has 0 heterocycles. The number of esters is 2. The van der Waals surface area contributed by atoms with Crippen LogP contribution in [0.2, 0.25) is 0 Å². The van der Waals surface area contributed by atoms with E-state index in [4.69, 9.17) is 18.5 Å². The number of rotatable bonds is 39. The third kappa shape index (κ3) is 44.7. The number of phosphoric acid groups is 1. The molecule has 0 aromatic heterocycles.